The van der Waals surface area contributed by atoms with E-state index >= 15 is 0 Å². The first kappa shape index (κ1) is 18.7. The van der Waals surface area contributed by atoms with Gasteiger partial charge in [-0.05, 0) is 33.6 Å². The Hall–Kier alpha value is -1.59. The molecule has 1 aliphatic heterocycles. The summed E-state index contributed by atoms with van der Waals surface area (Å²) in [6.07, 6.45) is 0.656. The van der Waals surface area contributed by atoms with Crippen molar-refractivity contribution in [2.75, 3.05) is 13.2 Å². The Bertz CT molecular complexity index is 550. The molecule has 1 aliphatic carbocycles. The Balaban J connectivity index is 1.83. The van der Waals surface area contributed by atoms with Gasteiger partial charge in [-0.1, -0.05) is 20.8 Å². The molecule has 2 bridgehead atoms. The number of carbonyl (C=O) groups is 3. The summed E-state index contributed by atoms with van der Waals surface area (Å²) in [5.74, 6) is -1.39. The fourth-order valence-electron chi connectivity index (χ4n) is 3.38. The molecule has 0 aromatic heterocycles. The number of hydrogen-bond acceptors (Lipinski definition) is 6. The molecular weight excluding hydrogens is 312 g/mol. The average molecular weight is 340 g/mol. The molecule has 0 spiro atoms. The largest absolute Gasteiger partial charge is 0.462 e. The average Bonchev–Trinajstić information content (AvgIpc) is 2.81. The number of rotatable bonds is 6. The summed E-state index contributed by atoms with van der Waals surface area (Å²) in [7, 11) is 0. The third-order valence-corrected chi connectivity index (χ3v) is 6.11. The van der Waals surface area contributed by atoms with Gasteiger partial charge in [0.25, 0.3) is 0 Å². The Labute approximate surface area is 143 Å². The predicted molar refractivity (Wildman–Crippen MR) is 85.9 cm³/mol. The maximum Gasteiger partial charge on any atom is 0.312 e. The number of carbonyl (C=O) groups excluding carboxylic acids is 3. The van der Waals surface area contributed by atoms with Crippen LogP contribution in [0.4, 0.5) is 0 Å². The third-order valence-electron chi connectivity index (χ3n) is 6.11. The van der Waals surface area contributed by atoms with E-state index in [0.717, 1.165) is 0 Å². The minimum atomic E-state index is -0.654. The minimum absolute atomic E-state index is 0.0126. The van der Waals surface area contributed by atoms with E-state index < -0.39 is 34.2 Å². The monoisotopic (exact) mass is 340 g/mol. The van der Waals surface area contributed by atoms with Crippen LogP contribution in [0.1, 0.15) is 54.4 Å². The highest BCUT2D eigenvalue weighted by atomic mass is 16.6. The fraction of sp³-hybridized carbons (Fsp3) is 0.833. The standard InChI is InChI=1S/C18H28O6/c1-7-16(2,3)14(20)23-9-8-22-13(19)11-10-18(6)15(21)24-12(11)17(18,4)5/h11-12H,7-10H2,1-6H3. The van der Waals surface area contributed by atoms with Crippen molar-refractivity contribution < 1.29 is 28.6 Å². The van der Waals surface area contributed by atoms with Crippen LogP contribution in [-0.2, 0) is 28.6 Å². The van der Waals surface area contributed by atoms with Crippen molar-refractivity contribution >= 4 is 17.9 Å². The summed E-state index contributed by atoms with van der Waals surface area (Å²) in [5.41, 5.74) is -1.59. The molecule has 3 atom stereocenters. The minimum Gasteiger partial charge on any atom is -0.462 e. The van der Waals surface area contributed by atoms with E-state index in [1.807, 2.05) is 41.5 Å². The van der Waals surface area contributed by atoms with Crippen LogP contribution in [-0.4, -0.2) is 37.2 Å². The molecular formula is C18H28O6. The van der Waals surface area contributed by atoms with Gasteiger partial charge in [0.2, 0.25) is 0 Å². The van der Waals surface area contributed by atoms with Crippen LogP contribution in [0, 0.1) is 22.2 Å². The summed E-state index contributed by atoms with van der Waals surface area (Å²) in [6.45, 7) is 11.3. The van der Waals surface area contributed by atoms with E-state index in [4.69, 9.17) is 14.2 Å². The van der Waals surface area contributed by atoms with Crippen LogP contribution in [0.15, 0.2) is 0 Å². The topological polar surface area (TPSA) is 78.9 Å². The van der Waals surface area contributed by atoms with E-state index in [1.54, 1.807) is 0 Å². The Kier molecular flexibility index (Phi) is 4.72. The third kappa shape index (κ3) is 2.80. The van der Waals surface area contributed by atoms with Gasteiger partial charge in [0, 0.05) is 5.41 Å². The summed E-state index contributed by atoms with van der Waals surface area (Å²) in [4.78, 5) is 36.1. The maximum absolute atomic E-state index is 12.3. The second-order valence-corrected chi connectivity index (χ2v) is 8.23. The fourth-order valence-corrected chi connectivity index (χ4v) is 3.38. The predicted octanol–water partition coefficient (Wildman–Crippen LogP) is 2.49. The number of fused-ring (bicyclic) bond motifs is 2. The van der Waals surface area contributed by atoms with Crippen LogP contribution in [0.25, 0.3) is 0 Å². The molecule has 2 fully saturated rings. The first-order valence-electron chi connectivity index (χ1n) is 8.52. The van der Waals surface area contributed by atoms with Gasteiger partial charge in [-0.3, -0.25) is 14.4 Å². The first-order valence-corrected chi connectivity index (χ1v) is 8.52. The molecule has 0 N–H and O–H groups in total. The van der Waals surface area contributed by atoms with Gasteiger partial charge in [0.1, 0.15) is 19.3 Å². The maximum atomic E-state index is 12.3. The zero-order chi connectivity index (χ0) is 18.3. The first-order chi connectivity index (χ1) is 11.0. The van der Waals surface area contributed by atoms with Crippen LogP contribution in [0.2, 0.25) is 0 Å². The molecule has 136 valence electrons. The molecule has 1 saturated carbocycles. The molecule has 0 radical (unpaired) electrons. The zero-order valence-corrected chi connectivity index (χ0v) is 15.4. The highest BCUT2D eigenvalue weighted by Crippen LogP contribution is 2.62. The van der Waals surface area contributed by atoms with E-state index in [0.29, 0.717) is 12.8 Å². The molecule has 0 amide bonds. The van der Waals surface area contributed by atoms with Crippen LogP contribution in [0.5, 0.6) is 0 Å². The van der Waals surface area contributed by atoms with Crippen LogP contribution in [0.3, 0.4) is 0 Å². The Morgan fingerprint density at radius 1 is 1.21 bits per heavy atom. The summed E-state index contributed by atoms with van der Waals surface area (Å²) in [6, 6.07) is 0. The lowest BCUT2D eigenvalue weighted by Crippen LogP contribution is -2.35. The normalized spacial score (nSPS) is 30.8. The van der Waals surface area contributed by atoms with Gasteiger partial charge >= 0.3 is 17.9 Å². The van der Waals surface area contributed by atoms with Gasteiger partial charge in [-0.15, -0.1) is 0 Å². The molecule has 1 saturated heterocycles. The molecule has 2 rings (SSSR count). The molecule has 24 heavy (non-hydrogen) atoms. The summed E-state index contributed by atoms with van der Waals surface area (Å²) in [5, 5.41) is 0. The molecule has 6 nitrogen and oxygen atoms in total. The van der Waals surface area contributed by atoms with Crippen LogP contribution < -0.4 is 0 Å². The quantitative estimate of drug-likeness (QED) is 0.420. The number of esters is 3. The molecule has 1 heterocycles. The molecule has 0 aromatic carbocycles. The lowest BCUT2D eigenvalue weighted by atomic mass is 9.70. The van der Waals surface area contributed by atoms with Crippen molar-refractivity contribution in [1.82, 2.24) is 0 Å². The number of hydrogen-bond donors (Lipinski definition) is 0. The van der Waals surface area contributed by atoms with Crippen molar-refractivity contribution in [2.24, 2.45) is 22.2 Å². The van der Waals surface area contributed by atoms with Crippen LogP contribution >= 0.6 is 0 Å². The smallest absolute Gasteiger partial charge is 0.312 e. The Morgan fingerprint density at radius 2 is 1.79 bits per heavy atom. The highest BCUT2D eigenvalue weighted by Gasteiger charge is 2.70. The highest BCUT2D eigenvalue weighted by molar-refractivity contribution is 5.86. The van der Waals surface area contributed by atoms with Gasteiger partial charge in [-0.25, -0.2) is 0 Å². The summed E-state index contributed by atoms with van der Waals surface area (Å²) >= 11 is 0. The van der Waals surface area contributed by atoms with Crippen molar-refractivity contribution in [1.29, 1.82) is 0 Å². The van der Waals surface area contributed by atoms with E-state index in [-0.39, 0.29) is 25.2 Å². The molecule has 0 aromatic rings. The molecule has 3 unspecified atom stereocenters. The van der Waals surface area contributed by atoms with Crippen molar-refractivity contribution in [3.63, 3.8) is 0 Å². The van der Waals surface area contributed by atoms with Gasteiger partial charge in [-0.2, -0.15) is 0 Å². The van der Waals surface area contributed by atoms with Gasteiger partial charge < -0.3 is 14.2 Å². The van der Waals surface area contributed by atoms with E-state index in [9.17, 15) is 14.4 Å². The van der Waals surface area contributed by atoms with Gasteiger partial charge in [0.15, 0.2) is 0 Å². The second-order valence-electron chi connectivity index (χ2n) is 8.23. The molecule has 6 heteroatoms. The van der Waals surface area contributed by atoms with Crippen molar-refractivity contribution in [2.45, 2.75) is 60.5 Å². The van der Waals surface area contributed by atoms with Crippen molar-refractivity contribution in [3.8, 4) is 0 Å². The lowest BCUT2D eigenvalue weighted by Gasteiger charge is -2.27. The zero-order valence-electron chi connectivity index (χ0n) is 15.4. The SMILES string of the molecule is CCC(C)(C)C(=O)OCCOC(=O)C1CC2(C)C(=O)OC1C2(C)C. The van der Waals surface area contributed by atoms with Gasteiger partial charge in [0.05, 0.1) is 16.7 Å². The second kappa shape index (κ2) is 6.05. The van der Waals surface area contributed by atoms with E-state index in [1.165, 1.54) is 0 Å². The molecule has 2 aliphatic rings. The van der Waals surface area contributed by atoms with Crippen molar-refractivity contribution in [3.05, 3.63) is 0 Å². The van der Waals surface area contributed by atoms with E-state index in [2.05, 4.69) is 0 Å². The Morgan fingerprint density at radius 3 is 2.25 bits per heavy atom. The summed E-state index contributed by atoms with van der Waals surface area (Å²) < 4.78 is 15.8. The number of ether oxygens (including phenoxy) is 3. The lowest BCUT2D eigenvalue weighted by molar-refractivity contribution is -0.168.